The van der Waals surface area contributed by atoms with Crippen LogP contribution in [0.1, 0.15) is 29.9 Å². The molecule has 0 aliphatic carbocycles. The fourth-order valence-corrected chi connectivity index (χ4v) is 5.05. The predicted octanol–water partition coefficient (Wildman–Crippen LogP) is 3.42. The van der Waals surface area contributed by atoms with Gasteiger partial charge in [0.1, 0.15) is 10.6 Å². The van der Waals surface area contributed by atoms with Crippen LogP contribution in [0.2, 0.25) is 5.02 Å². The maximum Gasteiger partial charge on any atom is 0.296 e. The van der Waals surface area contributed by atoms with Crippen LogP contribution in [0.15, 0.2) is 58.2 Å². The van der Waals surface area contributed by atoms with Gasteiger partial charge in [-0.3, -0.25) is 19.0 Å². The van der Waals surface area contributed by atoms with E-state index in [1.807, 2.05) is 19.9 Å². The van der Waals surface area contributed by atoms with Crippen molar-refractivity contribution in [2.75, 3.05) is 17.8 Å². The Morgan fingerprint density at radius 2 is 1.72 bits per heavy atom. The summed E-state index contributed by atoms with van der Waals surface area (Å²) in [5, 5.41) is -0.0504. The van der Waals surface area contributed by atoms with E-state index in [9.17, 15) is 18.0 Å². The van der Waals surface area contributed by atoms with Crippen molar-refractivity contribution in [2.45, 2.75) is 25.7 Å². The molecule has 0 fully saturated rings. The van der Waals surface area contributed by atoms with Crippen LogP contribution in [-0.2, 0) is 17.1 Å². The van der Waals surface area contributed by atoms with E-state index in [4.69, 9.17) is 11.6 Å². The third-order valence-corrected chi connectivity index (χ3v) is 7.14. The van der Waals surface area contributed by atoms with E-state index in [0.717, 1.165) is 0 Å². The second-order valence-corrected chi connectivity index (χ2v) is 9.22. The number of benzene rings is 2. The maximum atomic E-state index is 13.2. The Bertz CT molecular complexity index is 1310. The number of carbonyl (C=O) groups excluding carboxylic acids is 1. The highest BCUT2D eigenvalue weighted by molar-refractivity contribution is 7.92. The van der Waals surface area contributed by atoms with Gasteiger partial charge in [0.25, 0.3) is 21.5 Å². The summed E-state index contributed by atoms with van der Waals surface area (Å²) in [6.45, 7) is 6.29. The summed E-state index contributed by atoms with van der Waals surface area (Å²) < 4.78 is 31.7. The molecule has 10 heteroatoms. The van der Waals surface area contributed by atoms with Gasteiger partial charge >= 0.3 is 0 Å². The second-order valence-electron chi connectivity index (χ2n) is 7.16. The van der Waals surface area contributed by atoms with Gasteiger partial charge in [-0.1, -0.05) is 29.8 Å². The minimum atomic E-state index is -4.25. The first-order valence-electron chi connectivity index (χ1n) is 10.1. The first-order valence-corrected chi connectivity index (χ1v) is 11.9. The van der Waals surface area contributed by atoms with Crippen LogP contribution in [0, 0.1) is 6.92 Å². The number of aromatic nitrogens is 2. The Morgan fingerprint density at radius 1 is 1.09 bits per heavy atom. The van der Waals surface area contributed by atoms with E-state index in [1.54, 1.807) is 47.8 Å². The summed E-state index contributed by atoms with van der Waals surface area (Å²) in [6.07, 6.45) is 0. The smallest absolute Gasteiger partial charge is 0.296 e. The molecule has 1 aromatic heterocycles. The Hall–Kier alpha value is -3.04. The number of hydrogen-bond donors (Lipinski definition) is 1. The molecule has 1 amide bonds. The summed E-state index contributed by atoms with van der Waals surface area (Å²) in [6, 6.07) is 13.0. The number of carbonyl (C=O) groups is 1. The van der Waals surface area contributed by atoms with Gasteiger partial charge in [-0.05, 0) is 51.1 Å². The van der Waals surface area contributed by atoms with Gasteiger partial charge in [-0.25, -0.2) is 13.1 Å². The highest BCUT2D eigenvalue weighted by atomic mass is 35.5. The maximum absolute atomic E-state index is 13.2. The fraction of sp³-hybridized carbons (Fsp3) is 0.273. The van der Waals surface area contributed by atoms with Gasteiger partial charge < -0.3 is 4.90 Å². The first kappa shape index (κ1) is 23.6. The average molecular weight is 477 g/mol. The van der Waals surface area contributed by atoms with Crippen LogP contribution in [0.25, 0.3) is 5.69 Å². The lowest BCUT2D eigenvalue weighted by atomic mass is 10.2. The minimum absolute atomic E-state index is 0.0504. The van der Waals surface area contributed by atoms with Crippen LogP contribution < -0.4 is 10.3 Å². The van der Waals surface area contributed by atoms with E-state index < -0.39 is 15.6 Å². The average Bonchev–Trinajstić information content (AvgIpc) is 2.98. The number of sulfonamides is 1. The van der Waals surface area contributed by atoms with Crippen LogP contribution in [0.5, 0.6) is 0 Å². The van der Waals surface area contributed by atoms with Crippen LogP contribution in [0.4, 0.5) is 5.69 Å². The summed E-state index contributed by atoms with van der Waals surface area (Å²) in [5.41, 5.74) is 0.608. The number of anilines is 1. The molecule has 0 aliphatic heterocycles. The monoisotopic (exact) mass is 476 g/mol. The largest absolute Gasteiger partial charge is 0.339 e. The molecule has 1 N–H and O–H groups in total. The molecule has 0 radical (unpaired) electrons. The number of para-hydroxylation sites is 1. The molecule has 3 rings (SSSR count). The van der Waals surface area contributed by atoms with E-state index in [1.165, 1.54) is 22.9 Å². The topological polar surface area (TPSA) is 93.4 Å². The number of hydrogen-bond acceptors (Lipinski definition) is 4. The van der Waals surface area contributed by atoms with E-state index in [0.29, 0.717) is 24.5 Å². The highest BCUT2D eigenvalue weighted by Crippen LogP contribution is 2.26. The van der Waals surface area contributed by atoms with Gasteiger partial charge in [0.2, 0.25) is 0 Å². The summed E-state index contributed by atoms with van der Waals surface area (Å²) in [7, 11) is -2.58. The fourth-order valence-electron chi connectivity index (χ4n) is 3.41. The van der Waals surface area contributed by atoms with Crippen molar-refractivity contribution in [1.82, 2.24) is 14.3 Å². The van der Waals surface area contributed by atoms with Crippen molar-refractivity contribution in [3.05, 3.63) is 75.2 Å². The zero-order chi connectivity index (χ0) is 23.6. The van der Waals surface area contributed by atoms with Gasteiger partial charge in [0.15, 0.2) is 0 Å². The molecule has 0 saturated carbocycles. The summed E-state index contributed by atoms with van der Waals surface area (Å²) >= 11 is 6.18. The zero-order valence-electron chi connectivity index (χ0n) is 18.3. The van der Waals surface area contributed by atoms with Crippen molar-refractivity contribution >= 4 is 33.2 Å². The summed E-state index contributed by atoms with van der Waals surface area (Å²) in [4.78, 5) is 27.1. The molecule has 0 atom stereocenters. The van der Waals surface area contributed by atoms with E-state index in [-0.39, 0.29) is 27.1 Å². The minimum Gasteiger partial charge on any atom is -0.339 e. The van der Waals surface area contributed by atoms with Gasteiger partial charge in [-0.2, -0.15) is 0 Å². The number of amides is 1. The summed E-state index contributed by atoms with van der Waals surface area (Å²) in [5.74, 6) is -0.301. The molecule has 3 aromatic rings. The van der Waals surface area contributed by atoms with E-state index in [2.05, 4.69) is 4.72 Å². The first-order chi connectivity index (χ1) is 15.1. The lowest BCUT2D eigenvalue weighted by Crippen LogP contribution is -2.30. The van der Waals surface area contributed by atoms with Crippen LogP contribution >= 0.6 is 11.6 Å². The molecule has 0 unspecified atom stereocenters. The number of rotatable bonds is 7. The molecule has 32 heavy (non-hydrogen) atoms. The van der Waals surface area contributed by atoms with Crippen molar-refractivity contribution in [3.63, 3.8) is 0 Å². The Morgan fingerprint density at radius 3 is 2.31 bits per heavy atom. The van der Waals surface area contributed by atoms with Gasteiger partial charge in [0.05, 0.1) is 16.4 Å². The molecule has 0 spiro atoms. The third kappa shape index (κ3) is 4.31. The second kappa shape index (κ2) is 9.22. The van der Waals surface area contributed by atoms with Crippen molar-refractivity contribution in [1.29, 1.82) is 0 Å². The molecule has 8 nitrogen and oxygen atoms in total. The Kier molecular flexibility index (Phi) is 6.80. The molecule has 0 saturated heterocycles. The van der Waals surface area contributed by atoms with Gasteiger partial charge in [-0.15, -0.1) is 0 Å². The van der Waals surface area contributed by atoms with E-state index >= 15 is 0 Å². The molecule has 1 heterocycles. The van der Waals surface area contributed by atoms with Crippen molar-refractivity contribution < 1.29 is 13.2 Å². The molecule has 170 valence electrons. The molecule has 0 aliphatic rings. The van der Waals surface area contributed by atoms with Crippen LogP contribution in [-0.4, -0.2) is 41.7 Å². The molecular formula is C22H25ClN4O4S. The lowest BCUT2D eigenvalue weighted by molar-refractivity contribution is 0.0772. The zero-order valence-corrected chi connectivity index (χ0v) is 19.9. The normalized spacial score (nSPS) is 11.4. The highest BCUT2D eigenvalue weighted by Gasteiger charge is 2.26. The van der Waals surface area contributed by atoms with Crippen molar-refractivity contribution in [2.24, 2.45) is 7.05 Å². The Balaban J connectivity index is 2.05. The third-order valence-electron chi connectivity index (χ3n) is 5.31. The van der Waals surface area contributed by atoms with Crippen molar-refractivity contribution in [3.8, 4) is 5.69 Å². The quantitative estimate of drug-likeness (QED) is 0.565. The number of halogens is 1. The number of nitrogens with zero attached hydrogens (tertiary/aromatic N) is 3. The lowest BCUT2D eigenvalue weighted by Gasteiger charge is -2.19. The van der Waals surface area contributed by atoms with Crippen LogP contribution in [0.3, 0.4) is 0 Å². The molecule has 2 aromatic carbocycles. The standard InChI is InChI=1S/C22H25ClN4O4S/c1-5-26(6-2)21(28)16-12-13-18(23)19(14-16)32(30,31)24-20-15(3)25(4)27(22(20)29)17-10-8-7-9-11-17/h7-14,24H,5-6H2,1-4H3. The van der Waals surface area contributed by atoms with Gasteiger partial charge in [0, 0.05) is 25.7 Å². The number of nitrogens with one attached hydrogen (secondary N) is 1. The molecular weight excluding hydrogens is 452 g/mol. The molecule has 0 bridgehead atoms. The Labute approximate surface area is 192 Å². The SMILES string of the molecule is CCN(CC)C(=O)c1ccc(Cl)c(S(=O)(=O)Nc2c(C)n(C)n(-c3ccccc3)c2=O)c1. The predicted molar refractivity (Wildman–Crippen MR) is 125 cm³/mol.